The molecule has 0 aliphatic heterocycles. The van der Waals surface area contributed by atoms with Crippen molar-refractivity contribution in [2.75, 3.05) is 31.6 Å². The summed E-state index contributed by atoms with van der Waals surface area (Å²) in [6.07, 6.45) is 1.11. The van der Waals surface area contributed by atoms with E-state index in [2.05, 4.69) is 24.1 Å². The number of carbonyl (C=O) groups is 1. The molecule has 4 nitrogen and oxygen atoms in total. The Hall–Kier alpha value is -1.56. The SMILES string of the molecule is CCN(CC)CCOc1ccccc1NC(=O)CCc1ccc(Cl)s1. The maximum atomic E-state index is 12.2. The van der Waals surface area contributed by atoms with E-state index in [1.54, 1.807) is 0 Å². The molecule has 2 rings (SSSR count). The molecule has 1 N–H and O–H groups in total. The number of hydrogen-bond acceptors (Lipinski definition) is 4. The standard InChI is InChI=1S/C19H25ClN2O2S/c1-3-22(4-2)13-14-24-17-8-6-5-7-16(17)21-19(23)12-10-15-9-11-18(20)25-15/h5-9,11H,3-4,10,12-14H2,1-2H3,(H,21,23). The number of nitrogens with one attached hydrogen (secondary N) is 1. The average Bonchev–Trinajstić information content (AvgIpc) is 3.04. The van der Waals surface area contributed by atoms with Gasteiger partial charge in [-0.05, 0) is 43.8 Å². The van der Waals surface area contributed by atoms with Gasteiger partial charge < -0.3 is 15.0 Å². The number of aryl methyl sites for hydroxylation is 1. The largest absolute Gasteiger partial charge is 0.490 e. The molecule has 25 heavy (non-hydrogen) atoms. The predicted molar refractivity (Wildman–Crippen MR) is 106 cm³/mol. The molecule has 1 amide bonds. The van der Waals surface area contributed by atoms with Crippen molar-refractivity contribution in [2.24, 2.45) is 0 Å². The maximum absolute atomic E-state index is 12.2. The van der Waals surface area contributed by atoms with Crippen LogP contribution in [-0.2, 0) is 11.2 Å². The fourth-order valence-electron chi connectivity index (χ4n) is 2.46. The lowest BCUT2D eigenvalue weighted by atomic mass is 10.2. The Morgan fingerprint density at radius 2 is 1.96 bits per heavy atom. The van der Waals surface area contributed by atoms with E-state index in [-0.39, 0.29) is 5.91 Å². The number of likely N-dealkylation sites (N-methyl/N-ethyl adjacent to an activating group) is 1. The molecule has 1 aromatic heterocycles. The topological polar surface area (TPSA) is 41.6 Å². The fourth-order valence-corrected chi connectivity index (χ4v) is 3.54. The van der Waals surface area contributed by atoms with Crippen LogP contribution in [0.1, 0.15) is 25.1 Å². The van der Waals surface area contributed by atoms with Crippen molar-refractivity contribution in [1.82, 2.24) is 4.90 Å². The highest BCUT2D eigenvalue weighted by molar-refractivity contribution is 7.16. The Bertz CT molecular complexity index is 671. The molecule has 0 fully saturated rings. The van der Waals surface area contributed by atoms with Crippen LogP contribution in [0.5, 0.6) is 5.75 Å². The van der Waals surface area contributed by atoms with Gasteiger partial charge in [0.05, 0.1) is 10.0 Å². The molecule has 0 aliphatic rings. The van der Waals surface area contributed by atoms with Crippen LogP contribution in [0.25, 0.3) is 0 Å². The lowest BCUT2D eigenvalue weighted by Crippen LogP contribution is -2.28. The quantitative estimate of drug-likeness (QED) is 0.649. The Labute approximate surface area is 158 Å². The van der Waals surface area contributed by atoms with Gasteiger partial charge in [-0.1, -0.05) is 37.6 Å². The minimum Gasteiger partial charge on any atom is -0.490 e. The first-order valence-corrected chi connectivity index (χ1v) is 9.80. The monoisotopic (exact) mass is 380 g/mol. The van der Waals surface area contributed by atoms with E-state index in [1.807, 2.05) is 36.4 Å². The van der Waals surface area contributed by atoms with Gasteiger partial charge in [0.2, 0.25) is 5.91 Å². The van der Waals surface area contributed by atoms with Gasteiger partial charge in [0.15, 0.2) is 0 Å². The van der Waals surface area contributed by atoms with E-state index < -0.39 is 0 Å². The van der Waals surface area contributed by atoms with Gasteiger partial charge in [0.1, 0.15) is 12.4 Å². The first-order valence-electron chi connectivity index (χ1n) is 8.60. The summed E-state index contributed by atoms with van der Waals surface area (Å²) in [6.45, 7) is 7.75. The zero-order chi connectivity index (χ0) is 18.1. The number of halogens is 1. The third kappa shape index (κ3) is 6.69. The minimum atomic E-state index is -0.0238. The lowest BCUT2D eigenvalue weighted by molar-refractivity contribution is -0.116. The predicted octanol–water partition coefficient (Wildman–Crippen LogP) is 4.69. The number of thiophene rings is 1. The number of carbonyl (C=O) groups excluding carboxylic acids is 1. The van der Waals surface area contributed by atoms with Gasteiger partial charge >= 0.3 is 0 Å². The first-order chi connectivity index (χ1) is 12.1. The van der Waals surface area contributed by atoms with Gasteiger partial charge in [0.25, 0.3) is 0 Å². The van der Waals surface area contributed by atoms with Gasteiger partial charge in [-0.3, -0.25) is 4.79 Å². The number of nitrogens with zero attached hydrogens (tertiary/aromatic N) is 1. The van der Waals surface area contributed by atoms with Crippen molar-refractivity contribution in [3.8, 4) is 5.75 Å². The maximum Gasteiger partial charge on any atom is 0.224 e. The summed E-state index contributed by atoms with van der Waals surface area (Å²) >= 11 is 7.43. The summed E-state index contributed by atoms with van der Waals surface area (Å²) in [5.74, 6) is 0.687. The number of anilines is 1. The van der Waals surface area contributed by atoms with Crippen molar-refractivity contribution in [2.45, 2.75) is 26.7 Å². The zero-order valence-electron chi connectivity index (χ0n) is 14.8. The number of ether oxygens (including phenoxy) is 1. The van der Waals surface area contributed by atoms with Gasteiger partial charge in [-0.2, -0.15) is 0 Å². The van der Waals surface area contributed by atoms with Crippen LogP contribution < -0.4 is 10.1 Å². The Balaban J connectivity index is 1.85. The highest BCUT2D eigenvalue weighted by Crippen LogP contribution is 2.25. The summed E-state index contributed by atoms with van der Waals surface area (Å²) in [6, 6.07) is 11.4. The molecule has 0 aliphatic carbocycles. The molecular formula is C19H25ClN2O2S. The molecule has 0 bridgehead atoms. The third-order valence-corrected chi connectivity index (χ3v) is 5.24. The summed E-state index contributed by atoms with van der Waals surface area (Å²) in [7, 11) is 0. The molecular weight excluding hydrogens is 356 g/mol. The van der Waals surface area contributed by atoms with E-state index in [4.69, 9.17) is 16.3 Å². The van der Waals surface area contributed by atoms with Crippen molar-refractivity contribution in [1.29, 1.82) is 0 Å². The Morgan fingerprint density at radius 1 is 1.20 bits per heavy atom. The smallest absolute Gasteiger partial charge is 0.224 e. The van der Waals surface area contributed by atoms with Crippen LogP contribution in [-0.4, -0.2) is 37.0 Å². The molecule has 6 heteroatoms. The minimum absolute atomic E-state index is 0.0238. The number of rotatable bonds is 10. The van der Waals surface area contributed by atoms with Gasteiger partial charge in [0, 0.05) is 17.8 Å². The summed E-state index contributed by atoms with van der Waals surface area (Å²) in [5.41, 5.74) is 0.719. The summed E-state index contributed by atoms with van der Waals surface area (Å²) < 4.78 is 6.62. The Morgan fingerprint density at radius 3 is 2.64 bits per heavy atom. The number of amides is 1. The second kappa shape index (κ2) is 10.4. The highest BCUT2D eigenvalue weighted by Gasteiger charge is 2.09. The normalized spacial score (nSPS) is 10.9. The molecule has 136 valence electrons. The first kappa shape index (κ1) is 19.8. The molecule has 1 aromatic carbocycles. The molecule has 0 atom stereocenters. The second-order valence-corrected chi connectivity index (χ2v) is 7.43. The number of benzene rings is 1. The molecule has 1 heterocycles. The van der Waals surface area contributed by atoms with E-state index in [0.717, 1.165) is 34.5 Å². The van der Waals surface area contributed by atoms with Crippen LogP contribution >= 0.6 is 22.9 Å². The van der Waals surface area contributed by atoms with E-state index in [9.17, 15) is 4.79 Å². The van der Waals surface area contributed by atoms with E-state index in [1.165, 1.54) is 11.3 Å². The third-order valence-electron chi connectivity index (χ3n) is 3.95. The summed E-state index contributed by atoms with van der Waals surface area (Å²) in [4.78, 5) is 15.6. The molecule has 0 unspecified atom stereocenters. The van der Waals surface area contributed by atoms with Crippen LogP contribution in [0.3, 0.4) is 0 Å². The van der Waals surface area contributed by atoms with Crippen LogP contribution in [0.2, 0.25) is 4.34 Å². The van der Waals surface area contributed by atoms with Crippen LogP contribution in [0.4, 0.5) is 5.69 Å². The molecule has 0 spiro atoms. The average molecular weight is 381 g/mol. The second-order valence-electron chi connectivity index (χ2n) is 5.63. The highest BCUT2D eigenvalue weighted by atomic mass is 35.5. The van der Waals surface area contributed by atoms with E-state index in [0.29, 0.717) is 25.2 Å². The van der Waals surface area contributed by atoms with Crippen molar-refractivity contribution in [3.05, 3.63) is 45.6 Å². The molecule has 0 radical (unpaired) electrons. The van der Waals surface area contributed by atoms with Crippen molar-refractivity contribution >= 4 is 34.5 Å². The lowest BCUT2D eigenvalue weighted by Gasteiger charge is -2.19. The van der Waals surface area contributed by atoms with Crippen LogP contribution in [0, 0.1) is 0 Å². The van der Waals surface area contributed by atoms with Gasteiger partial charge in [-0.25, -0.2) is 0 Å². The van der Waals surface area contributed by atoms with Gasteiger partial charge in [-0.15, -0.1) is 11.3 Å². The van der Waals surface area contributed by atoms with E-state index >= 15 is 0 Å². The number of para-hydroxylation sites is 2. The molecule has 2 aromatic rings. The fraction of sp³-hybridized carbons (Fsp3) is 0.421. The molecule has 0 saturated carbocycles. The Kier molecular flexibility index (Phi) is 8.25. The van der Waals surface area contributed by atoms with Crippen molar-refractivity contribution < 1.29 is 9.53 Å². The number of hydrogen-bond donors (Lipinski definition) is 1. The summed E-state index contributed by atoms with van der Waals surface area (Å²) in [5, 5.41) is 2.95. The van der Waals surface area contributed by atoms with Crippen LogP contribution in [0.15, 0.2) is 36.4 Å². The van der Waals surface area contributed by atoms with Crippen molar-refractivity contribution in [3.63, 3.8) is 0 Å². The zero-order valence-corrected chi connectivity index (χ0v) is 16.3. The molecule has 0 saturated heterocycles.